The molecule has 0 fully saturated rings. The molecule has 4 N–H and O–H groups in total. The van der Waals surface area contributed by atoms with Crippen LogP contribution < -0.4 is 15.4 Å². The number of aliphatic hydroxyl groups is 2. The third-order valence-corrected chi connectivity index (χ3v) is 4.80. The number of ether oxygens (including phenoxy) is 1. The zero-order chi connectivity index (χ0) is 21.2. The van der Waals surface area contributed by atoms with Crippen LogP contribution in [0.4, 0.5) is 10.5 Å². The highest BCUT2D eigenvalue weighted by Gasteiger charge is 2.17. The molecule has 2 amide bonds. The third-order valence-electron chi connectivity index (χ3n) is 4.80. The zero-order valence-electron chi connectivity index (χ0n) is 17.4. The van der Waals surface area contributed by atoms with E-state index in [2.05, 4.69) is 24.5 Å². The highest BCUT2D eigenvalue weighted by Crippen LogP contribution is 2.31. The lowest BCUT2D eigenvalue weighted by Crippen LogP contribution is -2.34. The quantitative estimate of drug-likeness (QED) is 0.475. The second-order valence-corrected chi connectivity index (χ2v) is 7.54. The van der Waals surface area contributed by atoms with Gasteiger partial charge in [-0.3, -0.25) is 0 Å². The lowest BCUT2D eigenvalue weighted by molar-refractivity contribution is 0.158. The number of amides is 2. The molecule has 0 radical (unpaired) electrons. The maximum atomic E-state index is 12.4. The number of methoxy groups -OCH3 is 1. The lowest BCUT2D eigenvalue weighted by Gasteiger charge is -2.19. The maximum absolute atomic E-state index is 12.4. The van der Waals surface area contributed by atoms with Crippen molar-refractivity contribution < 1.29 is 19.7 Å². The minimum atomic E-state index is -0.664. The Morgan fingerprint density at radius 1 is 1.10 bits per heavy atom. The van der Waals surface area contributed by atoms with Gasteiger partial charge in [-0.2, -0.15) is 0 Å². The Balaban J connectivity index is 2.05. The number of carbonyl (C=O) groups excluding carboxylic acids is 1. The van der Waals surface area contributed by atoms with Crippen LogP contribution in [0.2, 0.25) is 0 Å². The molecule has 2 atom stereocenters. The third kappa shape index (κ3) is 7.07. The van der Waals surface area contributed by atoms with E-state index in [9.17, 15) is 15.0 Å². The number of nitrogens with one attached hydrogen (secondary N) is 2. The van der Waals surface area contributed by atoms with Gasteiger partial charge in [-0.15, -0.1) is 0 Å². The topological polar surface area (TPSA) is 90.8 Å². The van der Waals surface area contributed by atoms with Gasteiger partial charge in [-0.1, -0.05) is 57.0 Å². The van der Waals surface area contributed by atoms with E-state index >= 15 is 0 Å². The molecule has 6 nitrogen and oxygen atoms in total. The van der Waals surface area contributed by atoms with Crippen LogP contribution in [0.1, 0.15) is 56.4 Å². The van der Waals surface area contributed by atoms with Gasteiger partial charge < -0.3 is 25.6 Å². The van der Waals surface area contributed by atoms with Crippen molar-refractivity contribution >= 4 is 11.7 Å². The van der Waals surface area contributed by atoms with Gasteiger partial charge in [0.1, 0.15) is 5.75 Å². The fourth-order valence-corrected chi connectivity index (χ4v) is 3.19. The first-order chi connectivity index (χ1) is 13.9. The van der Waals surface area contributed by atoms with Crippen molar-refractivity contribution in [3.05, 3.63) is 59.7 Å². The molecule has 2 rings (SSSR count). The van der Waals surface area contributed by atoms with Crippen molar-refractivity contribution in [3.63, 3.8) is 0 Å². The second-order valence-electron chi connectivity index (χ2n) is 7.54. The minimum absolute atomic E-state index is 0.208. The fourth-order valence-electron chi connectivity index (χ4n) is 3.19. The van der Waals surface area contributed by atoms with Crippen LogP contribution >= 0.6 is 0 Å². The predicted octanol–water partition coefficient (Wildman–Crippen LogP) is 4.41. The molecule has 0 saturated carbocycles. The molecule has 158 valence electrons. The molecular weight excluding hydrogens is 368 g/mol. The number of aliphatic hydroxyl groups excluding tert-OH is 2. The van der Waals surface area contributed by atoms with Crippen LogP contribution in [0, 0.1) is 5.92 Å². The summed E-state index contributed by atoms with van der Waals surface area (Å²) in [5, 5.41) is 25.7. The zero-order valence-corrected chi connectivity index (χ0v) is 17.4. The minimum Gasteiger partial charge on any atom is -0.496 e. The lowest BCUT2D eigenvalue weighted by atomic mass is 9.99. The van der Waals surface area contributed by atoms with E-state index in [1.54, 1.807) is 25.3 Å². The number of urea groups is 1. The predicted molar refractivity (Wildman–Crippen MR) is 115 cm³/mol. The monoisotopic (exact) mass is 400 g/mol. The van der Waals surface area contributed by atoms with Crippen LogP contribution in [0.15, 0.2) is 48.5 Å². The van der Waals surface area contributed by atoms with Crippen LogP contribution in [0.5, 0.6) is 5.75 Å². The summed E-state index contributed by atoms with van der Waals surface area (Å²) in [6.45, 7) is 4.11. The number of hydrogen-bond acceptors (Lipinski definition) is 4. The summed E-state index contributed by atoms with van der Waals surface area (Å²) in [6, 6.07) is 13.5. The van der Waals surface area contributed by atoms with Gasteiger partial charge in [0.05, 0.1) is 25.9 Å². The molecule has 0 aliphatic rings. The van der Waals surface area contributed by atoms with E-state index in [-0.39, 0.29) is 6.61 Å². The first kappa shape index (κ1) is 22.7. The fraction of sp³-hybridized carbons (Fsp3) is 0.435. The normalized spacial score (nSPS) is 13.0. The Kier molecular flexibility index (Phi) is 8.96. The van der Waals surface area contributed by atoms with E-state index in [0.29, 0.717) is 29.3 Å². The summed E-state index contributed by atoms with van der Waals surface area (Å²) in [7, 11) is 1.56. The molecular formula is C23H32N2O4. The molecule has 0 aliphatic carbocycles. The molecule has 29 heavy (non-hydrogen) atoms. The van der Waals surface area contributed by atoms with Gasteiger partial charge in [-0.25, -0.2) is 4.79 Å². The Morgan fingerprint density at radius 2 is 1.83 bits per heavy atom. The summed E-state index contributed by atoms with van der Waals surface area (Å²) in [4.78, 5) is 12.4. The number of anilines is 1. The summed E-state index contributed by atoms with van der Waals surface area (Å²) in [5.74, 6) is 1.18. The Morgan fingerprint density at radius 3 is 2.45 bits per heavy atom. The molecule has 0 bridgehead atoms. The molecule has 0 spiro atoms. The number of benzene rings is 2. The van der Waals surface area contributed by atoms with Crippen LogP contribution in [-0.2, 0) is 0 Å². The smallest absolute Gasteiger partial charge is 0.319 e. The highest BCUT2D eigenvalue weighted by atomic mass is 16.5. The first-order valence-electron chi connectivity index (χ1n) is 10.0. The van der Waals surface area contributed by atoms with E-state index in [1.807, 2.05) is 30.3 Å². The van der Waals surface area contributed by atoms with Gasteiger partial charge >= 0.3 is 6.03 Å². The van der Waals surface area contributed by atoms with Crippen molar-refractivity contribution in [1.29, 1.82) is 0 Å². The summed E-state index contributed by atoms with van der Waals surface area (Å²) < 4.78 is 5.37. The highest BCUT2D eigenvalue weighted by molar-refractivity contribution is 5.89. The summed E-state index contributed by atoms with van der Waals surface area (Å²) in [5.41, 5.74) is 2.02. The standard InChI is InChI=1S/C23H32N2O4/c1-16(2)8-7-11-21(27)19-14-18(12-13-22(19)29-3)24-23(28)25-20(15-26)17-9-5-4-6-10-17/h4-6,9-10,12-14,16,20-21,26-27H,7-8,11,15H2,1-3H3,(H2,24,25,28)/t20-,21?/m0/s1. The number of rotatable bonds is 10. The average Bonchev–Trinajstić information content (AvgIpc) is 2.72. The van der Waals surface area contributed by atoms with Crippen molar-refractivity contribution in [3.8, 4) is 5.75 Å². The molecule has 0 saturated heterocycles. The number of hydrogen-bond donors (Lipinski definition) is 4. The Bertz CT molecular complexity index is 765. The van der Waals surface area contributed by atoms with Gasteiger partial charge in [-0.05, 0) is 36.1 Å². The van der Waals surface area contributed by atoms with Gasteiger partial charge in [0.15, 0.2) is 0 Å². The van der Waals surface area contributed by atoms with E-state index < -0.39 is 18.2 Å². The van der Waals surface area contributed by atoms with E-state index in [1.165, 1.54) is 0 Å². The van der Waals surface area contributed by atoms with E-state index in [4.69, 9.17) is 4.74 Å². The Labute approximate surface area is 172 Å². The van der Waals surface area contributed by atoms with Crippen molar-refractivity contribution in [1.82, 2.24) is 5.32 Å². The van der Waals surface area contributed by atoms with Gasteiger partial charge in [0.2, 0.25) is 0 Å². The van der Waals surface area contributed by atoms with Crippen LogP contribution in [0.3, 0.4) is 0 Å². The van der Waals surface area contributed by atoms with Crippen molar-refractivity contribution in [2.45, 2.75) is 45.3 Å². The Hall–Kier alpha value is -2.57. The maximum Gasteiger partial charge on any atom is 0.319 e. The van der Waals surface area contributed by atoms with Gasteiger partial charge in [0, 0.05) is 11.3 Å². The summed E-state index contributed by atoms with van der Waals surface area (Å²) in [6.07, 6.45) is 1.92. The molecule has 0 aromatic heterocycles. The molecule has 0 aliphatic heterocycles. The second kappa shape index (κ2) is 11.4. The first-order valence-corrected chi connectivity index (χ1v) is 10.0. The average molecular weight is 401 g/mol. The van der Waals surface area contributed by atoms with Crippen molar-refractivity contribution in [2.24, 2.45) is 5.92 Å². The van der Waals surface area contributed by atoms with Gasteiger partial charge in [0.25, 0.3) is 0 Å². The molecule has 2 aromatic rings. The van der Waals surface area contributed by atoms with Crippen LogP contribution in [-0.4, -0.2) is 30.0 Å². The largest absolute Gasteiger partial charge is 0.496 e. The number of carbonyl (C=O) groups is 1. The molecule has 0 heterocycles. The SMILES string of the molecule is COc1ccc(NC(=O)N[C@@H](CO)c2ccccc2)cc1C(O)CCCC(C)C. The molecule has 2 aromatic carbocycles. The van der Waals surface area contributed by atoms with Crippen molar-refractivity contribution in [2.75, 3.05) is 19.0 Å². The molecule has 1 unspecified atom stereocenters. The van der Waals surface area contributed by atoms with E-state index in [0.717, 1.165) is 18.4 Å². The van der Waals surface area contributed by atoms with Crippen LogP contribution in [0.25, 0.3) is 0 Å². The summed E-state index contributed by atoms with van der Waals surface area (Å²) >= 11 is 0. The molecule has 6 heteroatoms.